The number of ether oxygens (including phenoxy) is 4. The van der Waals surface area contributed by atoms with Crippen molar-refractivity contribution in [2.75, 3.05) is 34.0 Å². The van der Waals surface area contributed by atoms with Crippen LogP contribution in [0.5, 0.6) is 23.1 Å². The summed E-state index contributed by atoms with van der Waals surface area (Å²) in [6, 6.07) is 15.8. The Morgan fingerprint density at radius 2 is 1.74 bits per heavy atom. The first-order valence-corrected chi connectivity index (χ1v) is 10.7. The second-order valence-electron chi connectivity index (χ2n) is 7.09. The van der Waals surface area contributed by atoms with E-state index in [4.69, 9.17) is 18.9 Å². The first kappa shape index (κ1) is 22.8. The summed E-state index contributed by atoms with van der Waals surface area (Å²) in [6.07, 6.45) is 0. The summed E-state index contributed by atoms with van der Waals surface area (Å²) in [5.41, 5.74) is 1.82. The number of carbonyl (C=O) groups excluding carboxylic acids is 1. The monoisotopic (exact) mass is 463 g/mol. The summed E-state index contributed by atoms with van der Waals surface area (Å²) < 4.78 is 23.4. The van der Waals surface area contributed by atoms with Gasteiger partial charge in [0.25, 0.3) is 5.91 Å². The molecule has 10 nitrogen and oxygen atoms in total. The van der Waals surface area contributed by atoms with E-state index in [9.17, 15) is 4.79 Å². The van der Waals surface area contributed by atoms with Gasteiger partial charge in [0.1, 0.15) is 23.9 Å². The minimum Gasteiger partial charge on any atom is -0.497 e. The average molecular weight is 463 g/mol. The molecular weight excluding hydrogens is 438 g/mol. The normalized spacial score (nSPS) is 10.7. The van der Waals surface area contributed by atoms with Gasteiger partial charge in [0, 0.05) is 17.7 Å². The topological polar surface area (TPSA) is 109 Å². The van der Waals surface area contributed by atoms with Crippen LogP contribution in [-0.2, 0) is 0 Å². The zero-order valence-electron chi connectivity index (χ0n) is 19.1. The number of hydrogen-bond acceptors (Lipinski definition) is 8. The third kappa shape index (κ3) is 5.01. The lowest BCUT2D eigenvalue weighted by molar-refractivity contribution is 0.0946. The molecular formula is C24H25N5O5. The van der Waals surface area contributed by atoms with Crippen molar-refractivity contribution in [1.82, 2.24) is 25.1 Å². The van der Waals surface area contributed by atoms with Crippen molar-refractivity contribution in [3.05, 3.63) is 60.2 Å². The molecule has 0 unspecified atom stereocenters. The van der Waals surface area contributed by atoms with Crippen molar-refractivity contribution in [1.29, 1.82) is 0 Å². The van der Waals surface area contributed by atoms with E-state index in [0.717, 1.165) is 5.75 Å². The minimum absolute atomic E-state index is 0.192. The van der Waals surface area contributed by atoms with Crippen LogP contribution in [0, 0.1) is 0 Å². The molecule has 34 heavy (non-hydrogen) atoms. The highest BCUT2D eigenvalue weighted by Gasteiger charge is 2.16. The number of aromatic nitrogens is 4. The Labute approximate surface area is 196 Å². The maximum absolute atomic E-state index is 12.3. The van der Waals surface area contributed by atoms with Crippen LogP contribution in [0.15, 0.2) is 54.6 Å². The standard InChI is InChI=1S/C24H25N5O5/c1-4-33-17-7-5-16(6-8-17)24(30)25-13-14-34-22-12-11-21-26-27-23(29(21)28-22)19-10-9-18(31-2)15-20(19)32-3/h5-12,15H,4,13-14H2,1-3H3,(H,25,30). The maximum atomic E-state index is 12.3. The molecule has 0 aliphatic heterocycles. The fourth-order valence-electron chi connectivity index (χ4n) is 3.29. The first-order chi connectivity index (χ1) is 16.6. The fraction of sp³-hybridized carbons (Fsp3) is 0.250. The Bertz CT molecular complexity index is 1270. The van der Waals surface area contributed by atoms with Crippen LogP contribution in [0.1, 0.15) is 17.3 Å². The van der Waals surface area contributed by atoms with E-state index in [1.165, 1.54) is 0 Å². The first-order valence-electron chi connectivity index (χ1n) is 10.7. The van der Waals surface area contributed by atoms with Crippen molar-refractivity contribution in [2.45, 2.75) is 6.92 Å². The summed E-state index contributed by atoms with van der Waals surface area (Å²) in [6.45, 7) is 3.04. The lowest BCUT2D eigenvalue weighted by Crippen LogP contribution is -2.28. The molecule has 0 fully saturated rings. The van der Waals surface area contributed by atoms with Gasteiger partial charge in [-0.05, 0) is 49.4 Å². The van der Waals surface area contributed by atoms with Crippen LogP contribution in [0.25, 0.3) is 17.0 Å². The predicted octanol–water partition coefficient (Wildman–Crippen LogP) is 3.02. The van der Waals surface area contributed by atoms with Crippen LogP contribution in [0.3, 0.4) is 0 Å². The molecule has 4 aromatic rings. The molecule has 1 N–H and O–H groups in total. The molecule has 2 aromatic carbocycles. The van der Waals surface area contributed by atoms with Gasteiger partial charge in [-0.15, -0.1) is 15.3 Å². The van der Waals surface area contributed by atoms with Gasteiger partial charge in [-0.1, -0.05) is 0 Å². The van der Waals surface area contributed by atoms with Crippen molar-refractivity contribution in [3.8, 4) is 34.5 Å². The summed E-state index contributed by atoms with van der Waals surface area (Å²) in [4.78, 5) is 12.3. The van der Waals surface area contributed by atoms with Gasteiger partial charge in [-0.3, -0.25) is 4.79 Å². The van der Waals surface area contributed by atoms with Crippen molar-refractivity contribution >= 4 is 11.6 Å². The highest BCUT2D eigenvalue weighted by atomic mass is 16.5. The molecule has 2 aromatic heterocycles. The van der Waals surface area contributed by atoms with Gasteiger partial charge in [0.05, 0.1) is 32.9 Å². The van der Waals surface area contributed by atoms with Crippen molar-refractivity contribution < 1.29 is 23.7 Å². The Hall–Kier alpha value is -4.34. The summed E-state index contributed by atoms with van der Waals surface area (Å²) in [7, 11) is 3.16. The number of nitrogens with zero attached hydrogens (tertiary/aromatic N) is 4. The van der Waals surface area contributed by atoms with Crippen LogP contribution >= 0.6 is 0 Å². The number of carbonyl (C=O) groups is 1. The number of hydrogen-bond donors (Lipinski definition) is 1. The van der Waals surface area contributed by atoms with Crippen molar-refractivity contribution in [2.24, 2.45) is 0 Å². The van der Waals surface area contributed by atoms with Gasteiger partial charge in [0.2, 0.25) is 5.88 Å². The third-order valence-electron chi connectivity index (χ3n) is 4.95. The molecule has 176 valence electrons. The number of benzene rings is 2. The van der Waals surface area contributed by atoms with Gasteiger partial charge >= 0.3 is 0 Å². The Balaban J connectivity index is 1.40. The molecule has 0 radical (unpaired) electrons. The Morgan fingerprint density at radius 1 is 0.941 bits per heavy atom. The molecule has 4 rings (SSSR count). The number of fused-ring (bicyclic) bond motifs is 1. The molecule has 0 saturated carbocycles. The molecule has 1 amide bonds. The summed E-state index contributed by atoms with van der Waals surface area (Å²) in [5.74, 6) is 2.66. The fourth-order valence-corrected chi connectivity index (χ4v) is 3.29. The quantitative estimate of drug-likeness (QED) is 0.358. The molecule has 0 spiro atoms. The number of amides is 1. The maximum Gasteiger partial charge on any atom is 0.251 e. The van der Waals surface area contributed by atoms with Crippen LogP contribution < -0.4 is 24.3 Å². The minimum atomic E-state index is -0.192. The van der Waals surface area contributed by atoms with Gasteiger partial charge in [0.15, 0.2) is 11.5 Å². The zero-order chi connectivity index (χ0) is 23.9. The highest BCUT2D eigenvalue weighted by Crippen LogP contribution is 2.32. The highest BCUT2D eigenvalue weighted by molar-refractivity contribution is 5.94. The van der Waals surface area contributed by atoms with Gasteiger partial charge in [-0.25, -0.2) is 0 Å². The van der Waals surface area contributed by atoms with E-state index in [2.05, 4.69) is 20.6 Å². The zero-order valence-corrected chi connectivity index (χ0v) is 19.1. The van der Waals surface area contributed by atoms with E-state index in [-0.39, 0.29) is 12.5 Å². The number of nitrogens with one attached hydrogen (secondary N) is 1. The molecule has 10 heteroatoms. The van der Waals surface area contributed by atoms with E-state index >= 15 is 0 Å². The van der Waals surface area contributed by atoms with Crippen LogP contribution in [0.4, 0.5) is 0 Å². The van der Waals surface area contributed by atoms with Gasteiger partial charge in [-0.2, -0.15) is 4.52 Å². The van der Waals surface area contributed by atoms with E-state index in [1.54, 1.807) is 61.2 Å². The molecule has 0 bridgehead atoms. The van der Waals surface area contributed by atoms with E-state index in [0.29, 0.717) is 53.1 Å². The third-order valence-corrected chi connectivity index (χ3v) is 4.95. The molecule has 0 aliphatic rings. The van der Waals surface area contributed by atoms with Crippen LogP contribution in [-0.4, -0.2) is 59.7 Å². The summed E-state index contributed by atoms with van der Waals surface area (Å²) in [5, 5.41) is 15.7. The average Bonchev–Trinajstić information content (AvgIpc) is 3.29. The smallest absolute Gasteiger partial charge is 0.251 e. The van der Waals surface area contributed by atoms with Crippen LogP contribution in [0.2, 0.25) is 0 Å². The number of methoxy groups -OCH3 is 2. The molecule has 0 saturated heterocycles. The number of rotatable bonds is 10. The molecule has 0 aliphatic carbocycles. The van der Waals surface area contributed by atoms with Gasteiger partial charge < -0.3 is 24.3 Å². The van der Waals surface area contributed by atoms with E-state index in [1.807, 2.05) is 19.1 Å². The lowest BCUT2D eigenvalue weighted by atomic mass is 10.2. The lowest BCUT2D eigenvalue weighted by Gasteiger charge is -2.10. The molecule has 2 heterocycles. The SMILES string of the molecule is CCOc1ccc(C(=O)NCCOc2ccc3nnc(-c4ccc(OC)cc4OC)n3n2)cc1. The predicted molar refractivity (Wildman–Crippen MR) is 125 cm³/mol. The second-order valence-corrected chi connectivity index (χ2v) is 7.09. The second kappa shape index (κ2) is 10.5. The van der Waals surface area contributed by atoms with Crippen molar-refractivity contribution in [3.63, 3.8) is 0 Å². The summed E-state index contributed by atoms with van der Waals surface area (Å²) >= 11 is 0. The largest absolute Gasteiger partial charge is 0.497 e. The molecule has 0 atom stereocenters. The van der Waals surface area contributed by atoms with E-state index < -0.39 is 0 Å². The Kier molecular flexibility index (Phi) is 7.07. The Morgan fingerprint density at radius 3 is 2.47 bits per heavy atom.